The largest absolute Gasteiger partial charge is 0.341 e. The van der Waals surface area contributed by atoms with Crippen LogP contribution in [0.25, 0.3) is 0 Å². The normalized spacial score (nSPS) is 11.6. The maximum Gasteiger partial charge on any atom is 0.341 e. The maximum absolute atomic E-state index is 10.2. The number of Topliss-reactive ketones (excluding diaryl/α,β-unsaturated/α-hetero) is 1. The summed E-state index contributed by atoms with van der Waals surface area (Å²) in [5.74, 6) is -3.40. The molecule has 0 atom stereocenters. The van der Waals surface area contributed by atoms with E-state index in [2.05, 4.69) is 4.74 Å². The highest BCUT2D eigenvalue weighted by atomic mass is 16.8. The number of aliphatic hydroxyl groups is 2. The van der Waals surface area contributed by atoms with Gasteiger partial charge in [-0.05, 0) is 6.92 Å². The molecule has 0 saturated heterocycles. The lowest BCUT2D eigenvalue weighted by atomic mass is 10.4. The third-order valence-corrected chi connectivity index (χ3v) is 0.804. The second-order valence-electron chi connectivity index (χ2n) is 1.60. The summed E-state index contributed by atoms with van der Waals surface area (Å²) in [5, 5.41) is 17.2. The Kier molecular flexibility index (Phi) is 2.76. The molecule has 0 fully saturated rings. The minimum atomic E-state index is -2.59. The van der Waals surface area contributed by atoms with Gasteiger partial charge in [0.2, 0.25) is 5.78 Å². The first kappa shape index (κ1) is 8.55. The number of hydrogen-bond acceptors (Lipinski definition) is 4. The molecule has 0 aromatic heterocycles. The van der Waals surface area contributed by atoms with Crippen LogP contribution >= 0.6 is 0 Å². The Morgan fingerprint density at radius 1 is 1.67 bits per heavy atom. The van der Waals surface area contributed by atoms with Crippen LogP contribution in [0.3, 0.4) is 0 Å². The fourth-order valence-electron chi connectivity index (χ4n) is 0.303. The fraction of sp³-hybridized carbons (Fsp3) is 0.800. The van der Waals surface area contributed by atoms with E-state index in [9.17, 15) is 4.79 Å². The van der Waals surface area contributed by atoms with E-state index in [0.29, 0.717) is 0 Å². The van der Waals surface area contributed by atoms with Gasteiger partial charge in [-0.25, -0.2) is 0 Å². The van der Waals surface area contributed by atoms with Crippen LogP contribution in [0.4, 0.5) is 0 Å². The Balaban J connectivity index is 3.85. The molecule has 0 unspecified atom stereocenters. The third kappa shape index (κ3) is 2.55. The lowest BCUT2D eigenvalue weighted by Gasteiger charge is -2.16. The Hall–Kier alpha value is -0.450. The minimum absolute atomic E-state index is 0.0899. The fourth-order valence-corrected chi connectivity index (χ4v) is 0.303. The van der Waals surface area contributed by atoms with Crippen LogP contribution in [-0.4, -0.2) is 28.6 Å². The van der Waals surface area contributed by atoms with Gasteiger partial charge >= 0.3 is 5.97 Å². The zero-order valence-electron chi connectivity index (χ0n) is 5.42. The summed E-state index contributed by atoms with van der Waals surface area (Å²) in [6.07, 6.45) is 0. The molecule has 0 amide bonds. The second kappa shape index (κ2) is 2.91. The molecule has 0 aromatic carbocycles. The first-order valence-electron chi connectivity index (χ1n) is 2.60. The predicted octanol–water partition coefficient (Wildman–Crippen LogP) is -0.750. The molecule has 4 heteroatoms. The van der Waals surface area contributed by atoms with E-state index in [1.54, 1.807) is 6.92 Å². The molecule has 0 spiro atoms. The summed E-state index contributed by atoms with van der Waals surface area (Å²) in [5.41, 5.74) is 0. The molecule has 0 saturated carbocycles. The van der Waals surface area contributed by atoms with Crippen molar-refractivity contribution in [2.24, 2.45) is 0 Å². The number of carbonyl (C=O) groups excluding carboxylic acids is 1. The SMILES string of the molecule is CCOC(O)(O)C(C)=O. The smallest absolute Gasteiger partial charge is 0.337 e. The number of carbonyl (C=O) groups is 1. The highest BCUT2D eigenvalue weighted by Gasteiger charge is 2.29. The van der Waals surface area contributed by atoms with Crippen molar-refractivity contribution in [3.8, 4) is 0 Å². The standard InChI is InChI=1S/C5H10O4/c1-3-9-5(7,8)4(2)6/h7-8H,3H2,1-2H3. The van der Waals surface area contributed by atoms with E-state index in [0.717, 1.165) is 6.92 Å². The zero-order valence-corrected chi connectivity index (χ0v) is 5.42. The summed E-state index contributed by atoms with van der Waals surface area (Å²) in [7, 11) is 0. The number of ether oxygens (including phenoxy) is 1. The molecule has 0 bridgehead atoms. The van der Waals surface area contributed by atoms with Crippen LogP contribution in [0.5, 0.6) is 0 Å². The van der Waals surface area contributed by atoms with Crippen LogP contribution in [0.1, 0.15) is 13.8 Å². The van der Waals surface area contributed by atoms with Crippen LogP contribution in [-0.2, 0) is 9.53 Å². The molecule has 9 heavy (non-hydrogen) atoms. The van der Waals surface area contributed by atoms with Crippen LogP contribution in [0, 0.1) is 0 Å². The highest BCUT2D eigenvalue weighted by molar-refractivity contribution is 5.81. The Labute approximate surface area is 53.1 Å². The van der Waals surface area contributed by atoms with Gasteiger partial charge < -0.3 is 14.9 Å². The second-order valence-corrected chi connectivity index (χ2v) is 1.60. The highest BCUT2D eigenvalue weighted by Crippen LogP contribution is 2.01. The molecule has 0 aliphatic heterocycles. The van der Waals surface area contributed by atoms with E-state index in [-0.39, 0.29) is 6.61 Å². The molecule has 4 nitrogen and oxygen atoms in total. The molecule has 0 radical (unpaired) electrons. The van der Waals surface area contributed by atoms with Crippen LogP contribution in [0.2, 0.25) is 0 Å². The lowest BCUT2D eigenvalue weighted by molar-refractivity contribution is -0.308. The maximum atomic E-state index is 10.2. The predicted molar refractivity (Wildman–Crippen MR) is 29.5 cm³/mol. The molecular weight excluding hydrogens is 124 g/mol. The van der Waals surface area contributed by atoms with Crippen molar-refractivity contribution < 1.29 is 19.7 Å². The number of rotatable bonds is 3. The van der Waals surface area contributed by atoms with Crippen molar-refractivity contribution in [2.45, 2.75) is 19.8 Å². The molecule has 0 rings (SSSR count). The third-order valence-electron chi connectivity index (χ3n) is 0.804. The molecular formula is C5H10O4. The van der Waals surface area contributed by atoms with Crippen molar-refractivity contribution in [1.82, 2.24) is 0 Å². The lowest BCUT2D eigenvalue weighted by Crippen LogP contribution is -2.39. The van der Waals surface area contributed by atoms with Gasteiger partial charge in [0.25, 0.3) is 0 Å². The number of hydrogen-bond donors (Lipinski definition) is 2. The van der Waals surface area contributed by atoms with Crippen LogP contribution < -0.4 is 0 Å². The topological polar surface area (TPSA) is 66.8 Å². The van der Waals surface area contributed by atoms with Gasteiger partial charge in [-0.3, -0.25) is 4.79 Å². The summed E-state index contributed by atoms with van der Waals surface area (Å²) >= 11 is 0. The zero-order chi connectivity index (χ0) is 7.49. The van der Waals surface area contributed by atoms with Gasteiger partial charge in [-0.2, -0.15) is 0 Å². The van der Waals surface area contributed by atoms with Crippen LogP contribution in [0.15, 0.2) is 0 Å². The Morgan fingerprint density at radius 2 is 2.11 bits per heavy atom. The quantitative estimate of drug-likeness (QED) is 0.498. The van der Waals surface area contributed by atoms with Crippen molar-refractivity contribution in [3.05, 3.63) is 0 Å². The van der Waals surface area contributed by atoms with Gasteiger partial charge in [-0.15, -0.1) is 0 Å². The molecule has 54 valence electrons. The van der Waals surface area contributed by atoms with Gasteiger partial charge in [0, 0.05) is 6.92 Å². The van der Waals surface area contributed by atoms with Crippen molar-refractivity contribution in [2.75, 3.05) is 6.61 Å². The van der Waals surface area contributed by atoms with Gasteiger partial charge in [0.1, 0.15) is 0 Å². The van der Waals surface area contributed by atoms with Crippen molar-refractivity contribution in [3.63, 3.8) is 0 Å². The molecule has 0 heterocycles. The number of ketones is 1. The monoisotopic (exact) mass is 134 g/mol. The van der Waals surface area contributed by atoms with Gasteiger partial charge in [-0.1, -0.05) is 0 Å². The molecule has 0 aromatic rings. The molecule has 0 aliphatic carbocycles. The van der Waals surface area contributed by atoms with Gasteiger partial charge in [0.05, 0.1) is 6.61 Å². The van der Waals surface area contributed by atoms with Gasteiger partial charge in [0.15, 0.2) is 0 Å². The van der Waals surface area contributed by atoms with E-state index in [1.807, 2.05) is 0 Å². The van der Waals surface area contributed by atoms with E-state index >= 15 is 0 Å². The Bertz CT molecular complexity index is 108. The minimum Gasteiger partial charge on any atom is -0.337 e. The Morgan fingerprint density at radius 3 is 2.22 bits per heavy atom. The summed E-state index contributed by atoms with van der Waals surface area (Å²) in [6, 6.07) is 0. The first-order valence-corrected chi connectivity index (χ1v) is 2.60. The average Bonchev–Trinajstić information content (AvgIpc) is 1.65. The summed E-state index contributed by atoms with van der Waals surface area (Å²) in [6.45, 7) is 2.69. The molecule has 2 N–H and O–H groups in total. The van der Waals surface area contributed by atoms with E-state index < -0.39 is 11.8 Å². The first-order chi connectivity index (χ1) is 4.00. The summed E-state index contributed by atoms with van der Waals surface area (Å²) < 4.78 is 4.25. The molecule has 0 aliphatic rings. The van der Waals surface area contributed by atoms with E-state index in [1.165, 1.54) is 0 Å². The average molecular weight is 134 g/mol. The van der Waals surface area contributed by atoms with Crippen molar-refractivity contribution >= 4 is 5.78 Å². The van der Waals surface area contributed by atoms with Crippen molar-refractivity contribution in [1.29, 1.82) is 0 Å². The summed E-state index contributed by atoms with van der Waals surface area (Å²) in [4.78, 5) is 10.2. The van der Waals surface area contributed by atoms with E-state index in [4.69, 9.17) is 10.2 Å².